The molecule has 1 heterocycles. The molecule has 0 aliphatic carbocycles. The first-order valence-corrected chi connectivity index (χ1v) is 4.46. The van der Waals surface area contributed by atoms with Crippen LogP contribution in [0.2, 0.25) is 0 Å². The fourth-order valence-electron chi connectivity index (χ4n) is 1.16. The van der Waals surface area contributed by atoms with E-state index in [-0.39, 0.29) is 12.2 Å². The van der Waals surface area contributed by atoms with Gasteiger partial charge in [-0.25, -0.2) is 4.98 Å². The van der Waals surface area contributed by atoms with Gasteiger partial charge in [0, 0.05) is 6.54 Å². The van der Waals surface area contributed by atoms with Crippen molar-refractivity contribution in [2.75, 3.05) is 7.11 Å². The zero-order valence-electron chi connectivity index (χ0n) is 9.02. The van der Waals surface area contributed by atoms with Gasteiger partial charge < -0.3 is 15.2 Å². The summed E-state index contributed by atoms with van der Waals surface area (Å²) in [6.45, 7) is -0.320. The van der Waals surface area contributed by atoms with Gasteiger partial charge in [0.2, 0.25) is 0 Å². The lowest BCUT2D eigenvalue weighted by Crippen LogP contribution is -2.18. The lowest BCUT2D eigenvalue weighted by Gasteiger charge is -2.12. The summed E-state index contributed by atoms with van der Waals surface area (Å²) in [5.41, 5.74) is 4.33. The number of hydrogen-bond donors (Lipinski definition) is 1. The Bertz CT molecular complexity index is 464. The van der Waals surface area contributed by atoms with E-state index in [1.807, 2.05) is 0 Å². The molecule has 0 atom stereocenters. The van der Waals surface area contributed by atoms with Crippen LogP contribution in [0.15, 0.2) is 6.07 Å². The minimum absolute atomic E-state index is 0.202. The van der Waals surface area contributed by atoms with Gasteiger partial charge in [-0.15, -0.1) is 13.2 Å². The standard InChI is InChI=1S/C8H8F3N3O4/c1-17-7-6(18-8(9,10)11)2-5(14(15)16)4(3-12)13-7/h2H,3,12H2,1H3. The van der Waals surface area contributed by atoms with Crippen molar-refractivity contribution in [3.8, 4) is 11.6 Å². The number of rotatable bonds is 4. The molecule has 0 aliphatic rings. The van der Waals surface area contributed by atoms with E-state index < -0.39 is 28.6 Å². The molecule has 0 radical (unpaired) electrons. The smallest absolute Gasteiger partial charge is 0.478 e. The Morgan fingerprint density at radius 3 is 2.56 bits per heavy atom. The number of halogens is 3. The molecule has 18 heavy (non-hydrogen) atoms. The minimum atomic E-state index is -5.01. The molecule has 1 rings (SSSR count). The van der Waals surface area contributed by atoms with E-state index in [9.17, 15) is 23.3 Å². The molecule has 0 aromatic carbocycles. The van der Waals surface area contributed by atoms with E-state index in [1.54, 1.807) is 0 Å². The molecule has 0 bridgehead atoms. The van der Waals surface area contributed by atoms with Crippen molar-refractivity contribution in [2.45, 2.75) is 12.9 Å². The van der Waals surface area contributed by atoms with Crippen molar-refractivity contribution < 1.29 is 27.6 Å². The van der Waals surface area contributed by atoms with Gasteiger partial charge in [0.25, 0.3) is 11.6 Å². The van der Waals surface area contributed by atoms with Gasteiger partial charge in [-0.3, -0.25) is 10.1 Å². The second-order valence-electron chi connectivity index (χ2n) is 2.97. The average molecular weight is 267 g/mol. The first-order valence-electron chi connectivity index (χ1n) is 4.46. The van der Waals surface area contributed by atoms with Gasteiger partial charge >= 0.3 is 6.36 Å². The van der Waals surface area contributed by atoms with E-state index in [2.05, 4.69) is 14.5 Å². The highest BCUT2D eigenvalue weighted by atomic mass is 19.4. The molecule has 0 fully saturated rings. The molecule has 7 nitrogen and oxygen atoms in total. The van der Waals surface area contributed by atoms with Crippen LogP contribution >= 0.6 is 0 Å². The molecular weight excluding hydrogens is 259 g/mol. The molecule has 0 amide bonds. The fourth-order valence-corrected chi connectivity index (χ4v) is 1.16. The topological polar surface area (TPSA) is 101 Å². The molecule has 100 valence electrons. The first-order chi connectivity index (χ1) is 8.28. The summed E-state index contributed by atoms with van der Waals surface area (Å²) in [5.74, 6) is -1.42. The second kappa shape index (κ2) is 5.04. The number of hydrogen-bond acceptors (Lipinski definition) is 6. The van der Waals surface area contributed by atoms with E-state index in [0.29, 0.717) is 6.07 Å². The fraction of sp³-hybridized carbons (Fsp3) is 0.375. The highest BCUT2D eigenvalue weighted by molar-refractivity contribution is 5.47. The van der Waals surface area contributed by atoms with Crippen molar-refractivity contribution in [2.24, 2.45) is 5.73 Å². The molecule has 2 N–H and O–H groups in total. The zero-order chi connectivity index (χ0) is 13.9. The van der Waals surface area contributed by atoms with Crippen molar-refractivity contribution in [1.29, 1.82) is 0 Å². The highest BCUT2D eigenvalue weighted by Crippen LogP contribution is 2.34. The SMILES string of the molecule is COc1nc(CN)c([N+](=O)[O-])cc1OC(F)(F)F. The summed E-state index contributed by atoms with van der Waals surface area (Å²) in [6, 6.07) is 0.571. The predicted molar refractivity (Wildman–Crippen MR) is 52.0 cm³/mol. The maximum absolute atomic E-state index is 12.1. The Morgan fingerprint density at radius 1 is 1.56 bits per heavy atom. The number of nitrogens with two attached hydrogens (primary N) is 1. The second-order valence-corrected chi connectivity index (χ2v) is 2.97. The number of aromatic nitrogens is 1. The van der Waals surface area contributed by atoms with Gasteiger partial charge in [-0.1, -0.05) is 0 Å². The normalized spacial score (nSPS) is 11.2. The quantitative estimate of drug-likeness (QED) is 0.652. The van der Waals surface area contributed by atoms with Crippen molar-refractivity contribution in [3.05, 3.63) is 21.9 Å². The lowest BCUT2D eigenvalue weighted by atomic mass is 10.3. The molecule has 0 aliphatic heterocycles. The number of ether oxygens (including phenoxy) is 2. The van der Waals surface area contributed by atoms with Crippen LogP contribution in [0.25, 0.3) is 0 Å². The van der Waals surface area contributed by atoms with Crippen molar-refractivity contribution in [1.82, 2.24) is 4.98 Å². The molecule has 1 aromatic rings. The van der Waals surface area contributed by atoms with Gasteiger partial charge in [0.05, 0.1) is 18.1 Å². The summed E-state index contributed by atoms with van der Waals surface area (Å²) in [5, 5.41) is 10.6. The Morgan fingerprint density at radius 2 is 2.17 bits per heavy atom. The Labute approximate surface area is 98.5 Å². The molecule has 0 saturated carbocycles. The van der Waals surface area contributed by atoms with Crippen LogP contribution in [0, 0.1) is 10.1 Å². The van der Waals surface area contributed by atoms with E-state index >= 15 is 0 Å². The number of methoxy groups -OCH3 is 1. The monoisotopic (exact) mass is 267 g/mol. The average Bonchev–Trinajstić information content (AvgIpc) is 2.26. The largest absolute Gasteiger partial charge is 0.573 e. The number of alkyl halides is 3. The van der Waals surface area contributed by atoms with Crippen LogP contribution in [0.4, 0.5) is 18.9 Å². The van der Waals surface area contributed by atoms with Crippen molar-refractivity contribution in [3.63, 3.8) is 0 Å². The summed E-state index contributed by atoms with van der Waals surface area (Å²) in [7, 11) is 1.05. The summed E-state index contributed by atoms with van der Waals surface area (Å²) >= 11 is 0. The highest BCUT2D eigenvalue weighted by Gasteiger charge is 2.34. The van der Waals surface area contributed by atoms with E-state index in [4.69, 9.17) is 5.73 Å². The van der Waals surface area contributed by atoms with Crippen LogP contribution < -0.4 is 15.2 Å². The van der Waals surface area contributed by atoms with Crippen LogP contribution in [-0.4, -0.2) is 23.4 Å². The molecule has 0 saturated heterocycles. The number of nitro groups is 1. The van der Waals surface area contributed by atoms with Gasteiger partial charge in [-0.05, 0) is 0 Å². The van der Waals surface area contributed by atoms with Gasteiger partial charge in [-0.2, -0.15) is 0 Å². The van der Waals surface area contributed by atoms with Crippen LogP contribution in [-0.2, 0) is 6.54 Å². The summed E-state index contributed by atoms with van der Waals surface area (Å²) in [4.78, 5) is 13.2. The van der Waals surface area contributed by atoms with Crippen LogP contribution in [0.5, 0.6) is 11.6 Å². The maximum Gasteiger partial charge on any atom is 0.573 e. The minimum Gasteiger partial charge on any atom is -0.478 e. The van der Waals surface area contributed by atoms with Crippen LogP contribution in [0.3, 0.4) is 0 Å². The number of pyridine rings is 1. The lowest BCUT2D eigenvalue weighted by molar-refractivity contribution is -0.386. The molecule has 0 unspecified atom stereocenters. The Kier molecular flexibility index (Phi) is 3.91. The van der Waals surface area contributed by atoms with Gasteiger partial charge in [0.1, 0.15) is 5.69 Å². The number of nitrogens with zero attached hydrogens (tertiary/aromatic N) is 2. The van der Waals surface area contributed by atoms with Crippen molar-refractivity contribution >= 4 is 5.69 Å². The predicted octanol–water partition coefficient (Wildman–Crippen LogP) is 1.36. The third-order valence-corrected chi connectivity index (χ3v) is 1.82. The third-order valence-electron chi connectivity index (χ3n) is 1.82. The maximum atomic E-state index is 12.1. The Balaban J connectivity index is 3.32. The molecule has 0 spiro atoms. The molecular formula is C8H8F3N3O4. The zero-order valence-corrected chi connectivity index (χ0v) is 9.02. The summed E-state index contributed by atoms with van der Waals surface area (Å²) < 4.78 is 44.4. The van der Waals surface area contributed by atoms with Crippen LogP contribution in [0.1, 0.15) is 5.69 Å². The first kappa shape index (κ1) is 14.0. The van der Waals surface area contributed by atoms with E-state index in [0.717, 1.165) is 7.11 Å². The van der Waals surface area contributed by atoms with Gasteiger partial charge in [0.15, 0.2) is 5.75 Å². The Hall–Kier alpha value is -2.10. The molecule has 1 aromatic heterocycles. The summed E-state index contributed by atoms with van der Waals surface area (Å²) in [6.07, 6.45) is -5.01. The van der Waals surface area contributed by atoms with E-state index in [1.165, 1.54) is 0 Å². The third kappa shape index (κ3) is 3.20. The molecule has 10 heteroatoms.